The zero-order valence-corrected chi connectivity index (χ0v) is 32.3. The van der Waals surface area contributed by atoms with Gasteiger partial charge in [-0.2, -0.15) is 0 Å². The van der Waals surface area contributed by atoms with Crippen LogP contribution in [0.4, 0.5) is 11.4 Å². The maximum absolute atomic E-state index is 12.9. The van der Waals surface area contributed by atoms with Gasteiger partial charge >= 0.3 is 35.5 Å². The molecule has 1 saturated heterocycles. The third-order valence-corrected chi connectivity index (χ3v) is 11.0. The summed E-state index contributed by atoms with van der Waals surface area (Å²) in [7, 11) is -8.44. The van der Waals surface area contributed by atoms with Crippen molar-refractivity contribution in [2.24, 2.45) is 0 Å². The van der Waals surface area contributed by atoms with Gasteiger partial charge in [-0.3, -0.25) is 19.2 Å². The minimum atomic E-state index is -4.47. The number of ether oxygens (including phenoxy) is 1. The van der Waals surface area contributed by atoms with Crippen LogP contribution >= 0.6 is 0 Å². The molecule has 2 aromatic carbocycles. The second-order valence-corrected chi connectivity index (χ2v) is 15.8. The first-order chi connectivity index (χ1) is 24.0. The third-order valence-electron chi connectivity index (χ3n) is 8.39. The first-order valence-electron chi connectivity index (χ1n) is 15.7. The molecular weight excluding hydrogens is 730 g/mol. The molecule has 1 N–H and O–H groups in total. The van der Waals surface area contributed by atoms with E-state index in [0.717, 1.165) is 11.3 Å². The van der Waals surface area contributed by atoms with E-state index in [9.17, 15) is 45.4 Å². The molecule has 0 radical (unpaired) electrons. The Morgan fingerprint density at radius 1 is 1.00 bits per heavy atom. The summed E-state index contributed by atoms with van der Waals surface area (Å²) < 4.78 is 65.0. The maximum Gasteiger partial charge on any atom is 1.00 e. The molecule has 0 saturated carbocycles. The van der Waals surface area contributed by atoms with Crippen LogP contribution in [0.2, 0.25) is 0 Å². The van der Waals surface area contributed by atoms with Crippen molar-refractivity contribution in [2.45, 2.75) is 43.4 Å². The molecule has 0 spiro atoms. The van der Waals surface area contributed by atoms with E-state index in [2.05, 4.69) is 5.32 Å². The van der Waals surface area contributed by atoms with Gasteiger partial charge in [-0.15, -0.1) is 5.06 Å². The van der Waals surface area contributed by atoms with Gasteiger partial charge in [0.15, 0.2) is 5.78 Å². The summed E-state index contributed by atoms with van der Waals surface area (Å²) in [4.78, 5) is 66.4. The fraction of sp³-hybridized carbons (Fsp3) is 0.324. The molecule has 5 rings (SSSR count). The van der Waals surface area contributed by atoms with Gasteiger partial charge < -0.3 is 24.3 Å². The molecule has 2 aromatic rings. The number of carbonyl (C=O) groups excluding carboxylic acids is 5. The topological polar surface area (TPSA) is 214 Å². The number of amides is 2. The van der Waals surface area contributed by atoms with E-state index < -0.39 is 73.7 Å². The second kappa shape index (κ2) is 16.4. The summed E-state index contributed by atoms with van der Waals surface area (Å²) in [6.07, 6.45) is 5.89. The van der Waals surface area contributed by atoms with Crippen molar-refractivity contribution >= 4 is 60.7 Å². The molecule has 3 aliphatic heterocycles. The van der Waals surface area contributed by atoms with Crippen LogP contribution in [0.25, 0.3) is 0 Å². The molecule has 1 fully saturated rings. The van der Waals surface area contributed by atoms with Gasteiger partial charge in [-0.05, 0) is 54.5 Å². The monoisotopic (exact) mass is 763 g/mol. The van der Waals surface area contributed by atoms with Gasteiger partial charge in [-0.25, -0.2) is 21.6 Å². The van der Waals surface area contributed by atoms with Gasteiger partial charge in [0, 0.05) is 53.2 Å². The van der Waals surface area contributed by atoms with Crippen LogP contribution in [-0.4, -0.2) is 87.9 Å². The number of hydroxylamine groups is 2. The number of nitrogens with one attached hydrogen (secondary N) is 1. The number of sulfone groups is 1. The molecule has 18 heteroatoms. The summed E-state index contributed by atoms with van der Waals surface area (Å²) in [6, 6.07) is 11.3. The fourth-order valence-electron chi connectivity index (χ4n) is 5.93. The first kappa shape index (κ1) is 40.8. The van der Waals surface area contributed by atoms with Gasteiger partial charge in [0.1, 0.15) is 18.1 Å². The predicted octanol–water partition coefficient (Wildman–Crippen LogP) is -0.677. The van der Waals surface area contributed by atoms with Crippen LogP contribution in [0.3, 0.4) is 0 Å². The summed E-state index contributed by atoms with van der Waals surface area (Å²) in [5.74, 6) is -3.87. The smallest absolute Gasteiger partial charge is 0.748 e. The largest absolute Gasteiger partial charge is 1.00 e. The van der Waals surface area contributed by atoms with Crippen LogP contribution in [0.1, 0.15) is 49.0 Å². The molecular formula is C34H34N3NaO12S2. The molecule has 52 heavy (non-hydrogen) atoms. The van der Waals surface area contributed by atoms with E-state index in [1.165, 1.54) is 24.3 Å². The van der Waals surface area contributed by atoms with Crippen LogP contribution in [0, 0.1) is 0 Å². The number of carbonyl (C=O) groups is 5. The zero-order valence-electron chi connectivity index (χ0n) is 28.6. The first-order valence-corrected chi connectivity index (χ1v) is 18.8. The van der Waals surface area contributed by atoms with Crippen LogP contribution in [0.5, 0.6) is 0 Å². The molecule has 3 aliphatic rings. The molecule has 2 amide bonds. The summed E-state index contributed by atoms with van der Waals surface area (Å²) in [6.45, 7) is 2.73. The molecule has 0 bridgehead atoms. The minimum Gasteiger partial charge on any atom is -0.748 e. The van der Waals surface area contributed by atoms with E-state index in [0.29, 0.717) is 16.4 Å². The Labute approximate surface area is 322 Å². The molecule has 0 aromatic heterocycles. The van der Waals surface area contributed by atoms with Crippen molar-refractivity contribution < 1.29 is 84.5 Å². The average molecular weight is 764 g/mol. The standard InChI is InChI=1S/C34H35N3O12S2.Na/c1-34(2)25-18-22(35-19-23(38)20-48-21-32(41)49-37-30(39)14-15-31(37)40)12-13-26(25)36(16-7-17-50(43,44)45)29(34)11-6-5-10-28-33(42)24-8-3-4-9-27(24)51(28,46)47;/h3-6,8-13,18,35H,7,14-17,19-21H2,1-2H3,(H,43,44,45);/q;+1/p-1. The molecule has 270 valence electrons. The van der Waals surface area contributed by atoms with Crippen LogP contribution in [-0.2, 0) is 54.1 Å². The molecule has 0 unspecified atom stereocenters. The van der Waals surface area contributed by atoms with Gasteiger partial charge in [0.25, 0.3) is 11.8 Å². The van der Waals surface area contributed by atoms with E-state index >= 15 is 0 Å². The molecule has 0 aliphatic carbocycles. The maximum atomic E-state index is 12.9. The number of hydrogen-bond acceptors (Lipinski definition) is 14. The quantitative estimate of drug-likeness (QED) is 0.109. The van der Waals surface area contributed by atoms with Gasteiger partial charge in [0.05, 0.1) is 21.6 Å². The van der Waals surface area contributed by atoms with Crippen molar-refractivity contribution in [1.82, 2.24) is 5.06 Å². The van der Waals surface area contributed by atoms with Crippen molar-refractivity contribution in [1.29, 1.82) is 0 Å². The number of benzene rings is 2. The molecule has 0 atom stereocenters. The predicted molar refractivity (Wildman–Crippen MR) is 181 cm³/mol. The van der Waals surface area contributed by atoms with E-state index in [-0.39, 0.29) is 77.3 Å². The Hall–Kier alpha value is -3.97. The number of hydrogen-bond donors (Lipinski definition) is 1. The Bertz CT molecular complexity index is 2110. The Morgan fingerprint density at radius 3 is 2.35 bits per heavy atom. The minimum absolute atomic E-state index is 0. The van der Waals surface area contributed by atoms with E-state index in [4.69, 9.17) is 9.57 Å². The number of nitrogens with zero attached hydrogens (tertiary/aromatic N) is 2. The normalized spacial score (nSPS) is 18.9. The molecule has 15 nitrogen and oxygen atoms in total. The Kier molecular flexibility index (Phi) is 12.8. The van der Waals surface area contributed by atoms with Gasteiger partial charge in [-0.1, -0.05) is 38.1 Å². The number of imide groups is 1. The van der Waals surface area contributed by atoms with Crippen molar-refractivity contribution in [3.8, 4) is 0 Å². The number of ketones is 2. The van der Waals surface area contributed by atoms with Crippen LogP contribution in [0.15, 0.2) is 82.3 Å². The number of fused-ring (bicyclic) bond motifs is 2. The van der Waals surface area contributed by atoms with Crippen LogP contribution < -0.4 is 39.8 Å². The third kappa shape index (κ3) is 8.97. The number of Topliss-reactive ketones (excluding diaryl/α,β-unsaturated/α-hetero) is 2. The zero-order chi connectivity index (χ0) is 37.1. The number of anilines is 2. The average Bonchev–Trinajstić information content (AvgIpc) is 3.56. The number of allylic oxidation sites excluding steroid dienone is 6. The van der Waals surface area contributed by atoms with Crippen molar-refractivity contribution in [3.05, 3.63) is 88.5 Å². The van der Waals surface area contributed by atoms with E-state index in [1.54, 1.807) is 36.4 Å². The Morgan fingerprint density at radius 2 is 1.67 bits per heavy atom. The number of rotatable bonds is 14. The van der Waals surface area contributed by atoms with Crippen molar-refractivity contribution in [2.75, 3.05) is 42.3 Å². The summed E-state index contributed by atoms with van der Waals surface area (Å²) in [5, 5.41) is 3.39. The Balaban J connectivity index is 0.00000605. The summed E-state index contributed by atoms with van der Waals surface area (Å²) in [5.41, 5.74) is 2.20. The fourth-order valence-corrected chi connectivity index (χ4v) is 7.97. The summed E-state index contributed by atoms with van der Waals surface area (Å²) >= 11 is 0. The second-order valence-electron chi connectivity index (χ2n) is 12.4. The SMILES string of the molecule is CC1(C)C(=CC=CC=C2C(=O)c3ccccc3S2(=O)=O)N(CCCS(=O)(=O)[O-])c2ccc(NCC(=O)COCC(=O)ON3C(=O)CCC3=O)cc21.[Na+]. The van der Waals surface area contributed by atoms with Crippen molar-refractivity contribution in [3.63, 3.8) is 0 Å². The van der Waals surface area contributed by atoms with E-state index in [1.807, 2.05) is 24.8 Å². The van der Waals surface area contributed by atoms with Gasteiger partial charge in [0.2, 0.25) is 15.6 Å². The molecule has 3 heterocycles.